The van der Waals surface area contributed by atoms with Crippen molar-refractivity contribution in [3.63, 3.8) is 0 Å². The van der Waals surface area contributed by atoms with E-state index in [9.17, 15) is 10.2 Å². The smallest absolute Gasteiger partial charge is 0.200 e. The Morgan fingerprint density at radius 1 is 0.514 bits per heavy atom. The Balaban J connectivity index is 2.67. The molecule has 0 aliphatic heterocycles. The minimum atomic E-state index is -0.0548. The number of phenols is 2. The molecule has 0 bridgehead atoms. The van der Waals surface area contributed by atoms with Crippen molar-refractivity contribution >= 4 is 0 Å². The summed E-state index contributed by atoms with van der Waals surface area (Å²) in [7, 11) is 0. The predicted molar refractivity (Wildman–Crippen MR) is 161 cm³/mol. The molecule has 216 valence electrons. The molecule has 37 heavy (non-hydrogen) atoms. The first-order chi connectivity index (χ1) is 18.2. The number of aromatic hydroxyl groups is 2. The monoisotopic (exact) mass is 518 g/mol. The second-order valence-corrected chi connectivity index (χ2v) is 11.3. The molecule has 0 aliphatic rings. The zero-order valence-electron chi connectivity index (χ0n) is 25.1. The third-order valence-corrected chi connectivity index (χ3v) is 7.75. The lowest BCUT2D eigenvalue weighted by atomic mass is 9.94. The van der Waals surface area contributed by atoms with Gasteiger partial charge in [-0.3, -0.25) is 0 Å². The SMILES string of the molecule is CCCCCCCCCCOc1c(O)c(O)cc(CCCCCCCCC)c1CCCCCCCCC. The van der Waals surface area contributed by atoms with E-state index in [-0.39, 0.29) is 11.5 Å². The maximum atomic E-state index is 10.7. The molecule has 0 atom stereocenters. The maximum Gasteiger partial charge on any atom is 0.200 e. The molecule has 2 N–H and O–H groups in total. The number of hydrogen-bond donors (Lipinski definition) is 2. The summed E-state index contributed by atoms with van der Waals surface area (Å²) < 4.78 is 6.21. The Bertz CT molecular complexity index is 655. The molecule has 0 saturated carbocycles. The van der Waals surface area contributed by atoms with Crippen LogP contribution in [0.15, 0.2) is 6.07 Å². The zero-order valence-corrected chi connectivity index (χ0v) is 25.1. The number of ether oxygens (including phenoxy) is 1. The van der Waals surface area contributed by atoms with E-state index in [1.165, 1.54) is 128 Å². The first kappa shape index (κ1) is 33.6. The molecular formula is C34H62O3. The molecule has 0 unspecified atom stereocenters. The fourth-order valence-corrected chi connectivity index (χ4v) is 5.32. The van der Waals surface area contributed by atoms with Gasteiger partial charge in [-0.05, 0) is 43.7 Å². The van der Waals surface area contributed by atoms with Crippen LogP contribution in [0.3, 0.4) is 0 Å². The van der Waals surface area contributed by atoms with Crippen LogP contribution >= 0.6 is 0 Å². The fourth-order valence-electron chi connectivity index (χ4n) is 5.32. The Labute approximate surface area is 230 Å². The molecule has 0 heterocycles. The van der Waals surface area contributed by atoms with Gasteiger partial charge in [-0.15, -0.1) is 0 Å². The van der Waals surface area contributed by atoms with Gasteiger partial charge in [-0.2, -0.15) is 0 Å². The van der Waals surface area contributed by atoms with Crippen LogP contribution in [-0.2, 0) is 12.8 Å². The van der Waals surface area contributed by atoms with E-state index in [1.54, 1.807) is 0 Å². The van der Waals surface area contributed by atoms with Crippen LogP contribution in [0.25, 0.3) is 0 Å². The molecule has 1 aromatic carbocycles. The lowest BCUT2D eigenvalue weighted by molar-refractivity contribution is 0.279. The normalized spacial score (nSPS) is 11.3. The van der Waals surface area contributed by atoms with E-state index in [0.717, 1.165) is 37.7 Å². The second kappa shape index (κ2) is 23.7. The van der Waals surface area contributed by atoms with Crippen molar-refractivity contribution in [2.45, 2.75) is 175 Å². The molecule has 1 rings (SSSR count). The van der Waals surface area contributed by atoms with Crippen molar-refractivity contribution in [3.8, 4) is 17.2 Å². The van der Waals surface area contributed by atoms with Crippen molar-refractivity contribution in [2.75, 3.05) is 6.61 Å². The topological polar surface area (TPSA) is 49.7 Å². The highest BCUT2D eigenvalue weighted by atomic mass is 16.5. The van der Waals surface area contributed by atoms with Gasteiger partial charge >= 0.3 is 0 Å². The average Bonchev–Trinajstić information content (AvgIpc) is 2.90. The van der Waals surface area contributed by atoms with Crippen LogP contribution in [0, 0.1) is 0 Å². The van der Waals surface area contributed by atoms with Crippen molar-refractivity contribution < 1.29 is 14.9 Å². The molecule has 0 radical (unpaired) electrons. The number of aryl methyl sites for hydroxylation is 1. The average molecular weight is 519 g/mol. The third-order valence-electron chi connectivity index (χ3n) is 7.75. The minimum absolute atomic E-state index is 0.0211. The van der Waals surface area contributed by atoms with Gasteiger partial charge in [-0.1, -0.05) is 143 Å². The lowest BCUT2D eigenvalue weighted by Crippen LogP contribution is -2.05. The first-order valence-corrected chi connectivity index (χ1v) is 16.3. The van der Waals surface area contributed by atoms with E-state index in [2.05, 4.69) is 20.8 Å². The van der Waals surface area contributed by atoms with Crippen molar-refractivity contribution in [2.24, 2.45) is 0 Å². The van der Waals surface area contributed by atoms with Crippen molar-refractivity contribution in [1.82, 2.24) is 0 Å². The highest BCUT2D eigenvalue weighted by Crippen LogP contribution is 2.42. The molecule has 0 saturated heterocycles. The van der Waals surface area contributed by atoms with Crippen molar-refractivity contribution in [1.29, 1.82) is 0 Å². The van der Waals surface area contributed by atoms with E-state index >= 15 is 0 Å². The van der Waals surface area contributed by atoms with Gasteiger partial charge < -0.3 is 14.9 Å². The maximum absolute atomic E-state index is 10.7. The Morgan fingerprint density at radius 3 is 1.41 bits per heavy atom. The molecule has 0 fully saturated rings. The Kier molecular flexibility index (Phi) is 21.6. The summed E-state index contributed by atoms with van der Waals surface area (Å²) in [6.45, 7) is 7.40. The molecule has 0 aromatic heterocycles. The summed E-state index contributed by atoms with van der Waals surface area (Å²) in [6.07, 6.45) is 29.8. The summed E-state index contributed by atoms with van der Waals surface area (Å²) in [5, 5.41) is 21.3. The number of unbranched alkanes of at least 4 members (excludes halogenated alkanes) is 19. The van der Waals surface area contributed by atoms with Gasteiger partial charge in [0.1, 0.15) is 0 Å². The molecule has 3 nitrogen and oxygen atoms in total. The van der Waals surface area contributed by atoms with Gasteiger partial charge in [-0.25, -0.2) is 0 Å². The van der Waals surface area contributed by atoms with Crippen LogP contribution in [0.4, 0.5) is 0 Å². The standard InChI is InChI=1S/C34H62O3/c1-4-7-10-13-16-19-22-25-28-37-34-31(27-24-21-18-15-12-9-6-3)30(29-32(35)33(34)36)26-23-20-17-14-11-8-5-2/h29,35-36H,4-28H2,1-3H3. The van der Waals surface area contributed by atoms with Crippen LogP contribution in [0.2, 0.25) is 0 Å². The van der Waals surface area contributed by atoms with Gasteiger partial charge in [0.2, 0.25) is 5.75 Å². The third kappa shape index (κ3) is 16.2. The van der Waals surface area contributed by atoms with Gasteiger partial charge in [0.25, 0.3) is 0 Å². The summed E-state index contributed by atoms with van der Waals surface area (Å²) >= 11 is 0. The Morgan fingerprint density at radius 2 is 0.919 bits per heavy atom. The van der Waals surface area contributed by atoms with Crippen LogP contribution in [0.1, 0.15) is 173 Å². The number of phenolic OH excluding ortho intramolecular Hbond substituents is 2. The highest BCUT2D eigenvalue weighted by molar-refractivity contribution is 5.58. The van der Waals surface area contributed by atoms with Gasteiger partial charge in [0.15, 0.2) is 11.5 Å². The quantitative estimate of drug-likeness (QED) is 0.0946. The van der Waals surface area contributed by atoms with E-state index in [0.29, 0.717) is 12.4 Å². The second-order valence-electron chi connectivity index (χ2n) is 11.3. The largest absolute Gasteiger partial charge is 0.504 e. The summed E-state index contributed by atoms with van der Waals surface area (Å²) in [5.41, 5.74) is 2.33. The molecule has 0 amide bonds. The van der Waals surface area contributed by atoms with Gasteiger partial charge in [0.05, 0.1) is 6.61 Å². The minimum Gasteiger partial charge on any atom is -0.504 e. The molecule has 1 aromatic rings. The van der Waals surface area contributed by atoms with E-state index in [4.69, 9.17) is 4.74 Å². The van der Waals surface area contributed by atoms with Crippen LogP contribution < -0.4 is 4.74 Å². The summed E-state index contributed by atoms with van der Waals surface area (Å²) in [6, 6.07) is 1.81. The fraction of sp³-hybridized carbons (Fsp3) is 0.824. The predicted octanol–water partition coefficient (Wildman–Crippen LogP) is 11.2. The first-order valence-electron chi connectivity index (χ1n) is 16.3. The van der Waals surface area contributed by atoms with Crippen LogP contribution in [0.5, 0.6) is 17.2 Å². The van der Waals surface area contributed by atoms with Crippen LogP contribution in [-0.4, -0.2) is 16.8 Å². The zero-order chi connectivity index (χ0) is 27.0. The van der Waals surface area contributed by atoms with Gasteiger partial charge in [0, 0.05) is 5.56 Å². The molecular weight excluding hydrogens is 456 g/mol. The highest BCUT2D eigenvalue weighted by Gasteiger charge is 2.19. The summed E-state index contributed by atoms with van der Waals surface area (Å²) in [4.78, 5) is 0. The lowest BCUT2D eigenvalue weighted by Gasteiger charge is -2.18. The molecule has 3 heteroatoms. The van der Waals surface area contributed by atoms with Crippen molar-refractivity contribution in [3.05, 3.63) is 17.2 Å². The number of rotatable bonds is 26. The molecule has 0 spiro atoms. The van der Waals surface area contributed by atoms with E-state index in [1.807, 2.05) is 6.07 Å². The van der Waals surface area contributed by atoms with E-state index < -0.39 is 0 Å². The number of benzene rings is 1. The Hall–Kier alpha value is -1.38. The summed E-state index contributed by atoms with van der Waals surface area (Å²) in [5.74, 6) is 0.486. The number of hydrogen-bond acceptors (Lipinski definition) is 3. The molecule has 0 aliphatic carbocycles.